The van der Waals surface area contributed by atoms with Crippen LogP contribution >= 0.6 is 15.9 Å². The summed E-state index contributed by atoms with van der Waals surface area (Å²) in [6.45, 7) is -0.104. The van der Waals surface area contributed by atoms with Crippen LogP contribution in [0.5, 0.6) is 11.5 Å². The number of hydrogen-bond acceptors (Lipinski definition) is 5. The van der Waals surface area contributed by atoms with Gasteiger partial charge in [-0.2, -0.15) is 5.10 Å². The van der Waals surface area contributed by atoms with Crippen LogP contribution in [-0.2, 0) is 4.79 Å². The Labute approximate surface area is 171 Å². The standard InChI is InChI=1S/C20H18BrN3O4/c1-3-10-28-18-9-6-16(21)11-15(18)12-23-24-19(25)13-22-20(26)14-4-7-17(27-2)8-5-14/h1,4-9,11-12H,10,13H2,2H3,(H,22,26)(H,24,25)/b23-12-. The van der Waals surface area contributed by atoms with E-state index in [1.807, 2.05) is 0 Å². The summed E-state index contributed by atoms with van der Waals surface area (Å²) in [5, 5.41) is 6.39. The van der Waals surface area contributed by atoms with Crippen molar-refractivity contribution in [3.8, 4) is 23.8 Å². The normalized spacial score (nSPS) is 10.2. The van der Waals surface area contributed by atoms with Crippen LogP contribution in [0.1, 0.15) is 15.9 Å². The monoisotopic (exact) mass is 443 g/mol. The average Bonchev–Trinajstić information content (AvgIpc) is 2.71. The fourth-order valence-electron chi connectivity index (χ4n) is 2.09. The third-order valence-corrected chi connectivity index (χ3v) is 3.93. The first-order valence-electron chi connectivity index (χ1n) is 8.13. The zero-order chi connectivity index (χ0) is 20.4. The molecule has 0 aliphatic heterocycles. The molecule has 2 N–H and O–H groups in total. The molecule has 0 fully saturated rings. The number of halogens is 1. The van der Waals surface area contributed by atoms with Gasteiger partial charge in [0.05, 0.1) is 19.9 Å². The van der Waals surface area contributed by atoms with E-state index in [1.165, 1.54) is 13.3 Å². The lowest BCUT2D eigenvalue weighted by Crippen LogP contribution is -2.34. The minimum absolute atomic E-state index is 0.117. The van der Waals surface area contributed by atoms with E-state index in [2.05, 4.69) is 37.7 Å². The van der Waals surface area contributed by atoms with E-state index in [0.717, 1.165) is 4.47 Å². The van der Waals surface area contributed by atoms with Gasteiger partial charge in [-0.1, -0.05) is 21.9 Å². The summed E-state index contributed by atoms with van der Waals surface area (Å²) < 4.78 is 11.3. The summed E-state index contributed by atoms with van der Waals surface area (Å²) in [5.74, 6) is 2.71. The second-order valence-corrected chi connectivity index (χ2v) is 6.29. The molecule has 8 heteroatoms. The lowest BCUT2D eigenvalue weighted by Gasteiger charge is -2.07. The first-order valence-corrected chi connectivity index (χ1v) is 8.92. The van der Waals surface area contributed by atoms with Gasteiger partial charge >= 0.3 is 0 Å². The van der Waals surface area contributed by atoms with E-state index < -0.39 is 5.91 Å². The van der Waals surface area contributed by atoms with Crippen LogP contribution in [0.3, 0.4) is 0 Å². The van der Waals surface area contributed by atoms with E-state index in [9.17, 15) is 9.59 Å². The van der Waals surface area contributed by atoms with Crippen LogP contribution < -0.4 is 20.2 Å². The highest BCUT2D eigenvalue weighted by atomic mass is 79.9. The second-order valence-electron chi connectivity index (χ2n) is 5.38. The molecule has 0 aliphatic carbocycles. The van der Waals surface area contributed by atoms with Crippen LogP contribution in [0.25, 0.3) is 0 Å². The number of methoxy groups -OCH3 is 1. The van der Waals surface area contributed by atoms with Crippen LogP contribution in [-0.4, -0.2) is 38.3 Å². The molecule has 0 atom stereocenters. The molecule has 0 radical (unpaired) electrons. The summed E-state index contributed by atoms with van der Waals surface area (Å²) in [7, 11) is 1.54. The van der Waals surface area contributed by atoms with Crippen molar-refractivity contribution in [2.24, 2.45) is 5.10 Å². The SMILES string of the molecule is C#CCOc1ccc(Br)cc1/C=N\NC(=O)CNC(=O)c1ccc(OC)cc1. The van der Waals surface area contributed by atoms with Crippen molar-refractivity contribution in [3.63, 3.8) is 0 Å². The third-order valence-electron chi connectivity index (χ3n) is 3.44. The third kappa shape index (κ3) is 6.45. The van der Waals surface area contributed by atoms with Gasteiger partial charge in [0.25, 0.3) is 11.8 Å². The molecule has 0 bridgehead atoms. The summed E-state index contributed by atoms with van der Waals surface area (Å²) in [6.07, 6.45) is 6.63. The quantitative estimate of drug-likeness (QED) is 0.372. The number of rotatable bonds is 8. The number of amides is 2. The van der Waals surface area contributed by atoms with Gasteiger partial charge in [-0.15, -0.1) is 6.42 Å². The lowest BCUT2D eigenvalue weighted by atomic mass is 10.2. The molecule has 0 heterocycles. The number of benzene rings is 2. The highest BCUT2D eigenvalue weighted by Gasteiger charge is 2.08. The zero-order valence-electron chi connectivity index (χ0n) is 15.1. The average molecular weight is 444 g/mol. The number of nitrogens with zero attached hydrogens (tertiary/aromatic N) is 1. The van der Waals surface area contributed by atoms with Crippen LogP contribution in [0, 0.1) is 12.3 Å². The van der Waals surface area contributed by atoms with E-state index in [1.54, 1.807) is 42.5 Å². The highest BCUT2D eigenvalue weighted by molar-refractivity contribution is 9.10. The predicted molar refractivity (Wildman–Crippen MR) is 110 cm³/mol. The number of carbonyl (C=O) groups is 2. The maximum Gasteiger partial charge on any atom is 0.259 e. The topological polar surface area (TPSA) is 89.0 Å². The van der Waals surface area contributed by atoms with Crippen molar-refractivity contribution >= 4 is 34.0 Å². The molecule has 2 amide bonds. The Balaban J connectivity index is 1.87. The molecule has 144 valence electrons. The first-order chi connectivity index (χ1) is 13.5. The Morgan fingerprint density at radius 3 is 2.68 bits per heavy atom. The van der Waals surface area contributed by atoms with Crippen LogP contribution in [0.15, 0.2) is 52.0 Å². The van der Waals surface area contributed by atoms with Gasteiger partial charge in [-0.25, -0.2) is 5.43 Å². The molecule has 0 spiro atoms. The Morgan fingerprint density at radius 2 is 2.00 bits per heavy atom. The van der Waals surface area contributed by atoms with Gasteiger partial charge in [0.2, 0.25) is 0 Å². The molecule has 0 aromatic heterocycles. The molecule has 7 nitrogen and oxygen atoms in total. The Hall–Kier alpha value is -3.31. The number of hydrogen-bond donors (Lipinski definition) is 2. The largest absolute Gasteiger partial charge is 0.497 e. The van der Waals surface area contributed by atoms with E-state index in [-0.39, 0.29) is 19.1 Å². The van der Waals surface area contributed by atoms with Crippen molar-refractivity contribution in [1.82, 2.24) is 10.7 Å². The predicted octanol–water partition coefficient (Wildman–Crippen LogP) is 2.35. The molecule has 0 saturated heterocycles. The van der Waals surface area contributed by atoms with Crippen molar-refractivity contribution in [2.75, 3.05) is 20.3 Å². The highest BCUT2D eigenvalue weighted by Crippen LogP contribution is 2.21. The van der Waals surface area contributed by atoms with Gasteiger partial charge in [0, 0.05) is 15.6 Å². The number of carbonyl (C=O) groups excluding carboxylic acids is 2. The Bertz CT molecular complexity index is 905. The molecule has 0 saturated carbocycles. The fourth-order valence-corrected chi connectivity index (χ4v) is 2.47. The van der Waals surface area contributed by atoms with Crippen molar-refractivity contribution in [2.45, 2.75) is 0 Å². The van der Waals surface area contributed by atoms with Crippen molar-refractivity contribution in [3.05, 3.63) is 58.1 Å². The zero-order valence-corrected chi connectivity index (χ0v) is 16.7. The molecule has 0 unspecified atom stereocenters. The number of nitrogens with one attached hydrogen (secondary N) is 2. The second kappa shape index (κ2) is 10.7. The van der Waals surface area contributed by atoms with Crippen molar-refractivity contribution in [1.29, 1.82) is 0 Å². The molecule has 2 aromatic rings. The van der Waals surface area contributed by atoms with Gasteiger partial charge in [-0.05, 0) is 42.5 Å². The van der Waals surface area contributed by atoms with Gasteiger partial charge in [0.1, 0.15) is 18.1 Å². The molecule has 0 aliphatic rings. The van der Waals surface area contributed by atoms with Crippen molar-refractivity contribution < 1.29 is 19.1 Å². The van der Waals surface area contributed by atoms with Crippen LogP contribution in [0.2, 0.25) is 0 Å². The number of terminal acetylenes is 1. The van der Waals surface area contributed by atoms with E-state index in [0.29, 0.717) is 22.6 Å². The maximum atomic E-state index is 12.0. The number of ether oxygens (including phenoxy) is 2. The van der Waals surface area contributed by atoms with Crippen LogP contribution in [0.4, 0.5) is 0 Å². The molecular weight excluding hydrogens is 426 g/mol. The Morgan fingerprint density at radius 1 is 1.25 bits per heavy atom. The number of hydrazone groups is 1. The van der Waals surface area contributed by atoms with Gasteiger partial charge < -0.3 is 14.8 Å². The molecular formula is C20H18BrN3O4. The first kappa shape index (κ1) is 21.0. The van der Waals surface area contributed by atoms with Gasteiger partial charge in [0.15, 0.2) is 0 Å². The van der Waals surface area contributed by atoms with E-state index in [4.69, 9.17) is 15.9 Å². The molecule has 2 aromatic carbocycles. The summed E-state index contributed by atoms with van der Waals surface area (Å²) >= 11 is 3.36. The maximum absolute atomic E-state index is 12.0. The molecule has 28 heavy (non-hydrogen) atoms. The van der Waals surface area contributed by atoms with Gasteiger partial charge in [-0.3, -0.25) is 9.59 Å². The summed E-state index contributed by atoms with van der Waals surface area (Å²) in [6, 6.07) is 11.8. The lowest BCUT2D eigenvalue weighted by molar-refractivity contribution is -0.120. The summed E-state index contributed by atoms with van der Waals surface area (Å²) in [4.78, 5) is 23.9. The smallest absolute Gasteiger partial charge is 0.259 e. The molecule has 2 rings (SSSR count). The fraction of sp³-hybridized carbons (Fsp3) is 0.150. The summed E-state index contributed by atoms with van der Waals surface area (Å²) in [5.41, 5.74) is 3.39. The van der Waals surface area contributed by atoms with E-state index >= 15 is 0 Å². The Kier molecular flexibility index (Phi) is 8.06. The minimum Gasteiger partial charge on any atom is -0.497 e. The minimum atomic E-state index is -0.473.